The van der Waals surface area contributed by atoms with E-state index in [4.69, 9.17) is 4.74 Å². The van der Waals surface area contributed by atoms with Gasteiger partial charge in [0.2, 0.25) is 6.10 Å². The van der Waals surface area contributed by atoms with Crippen LogP contribution in [-0.4, -0.2) is 17.0 Å². The molecule has 1 N–H and O–H groups in total. The number of nitrogens with one attached hydrogen (secondary N) is 1. The van der Waals surface area contributed by atoms with Gasteiger partial charge in [0.05, 0.1) is 0 Å². The molecule has 0 radical (unpaired) electrons. The van der Waals surface area contributed by atoms with Crippen LogP contribution in [0.5, 0.6) is 0 Å². The molecule has 72 valence electrons. The predicted octanol–water partition coefficient (Wildman–Crippen LogP) is 0.698. The van der Waals surface area contributed by atoms with Gasteiger partial charge in [-0.3, -0.25) is 15.1 Å². The Balaban J connectivity index is 2.36. The second kappa shape index (κ2) is 3.10. The molecule has 0 spiro atoms. The van der Waals surface area contributed by atoms with Crippen LogP contribution in [0.25, 0.3) is 0 Å². The highest BCUT2D eigenvalue weighted by molar-refractivity contribution is 6.00. The SMILES string of the molecule is Cc1ccncc1C1OC(=O)NC1=O. The zero-order chi connectivity index (χ0) is 10.1. The van der Waals surface area contributed by atoms with E-state index in [0.29, 0.717) is 5.56 Å². The highest BCUT2D eigenvalue weighted by Crippen LogP contribution is 2.23. The molecule has 5 heteroatoms. The summed E-state index contributed by atoms with van der Waals surface area (Å²) in [4.78, 5) is 25.9. The minimum atomic E-state index is -0.851. The molecule has 0 saturated carbocycles. The first-order valence-electron chi connectivity index (χ1n) is 4.10. The third-order valence-corrected chi connectivity index (χ3v) is 2.05. The number of aryl methyl sites for hydroxylation is 1. The molecule has 1 aliphatic heterocycles. The summed E-state index contributed by atoms with van der Waals surface area (Å²) in [6.45, 7) is 1.83. The average molecular weight is 192 g/mol. The number of hydrogen-bond acceptors (Lipinski definition) is 4. The zero-order valence-electron chi connectivity index (χ0n) is 7.48. The summed E-state index contributed by atoms with van der Waals surface area (Å²) >= 11 is 0. The maximum absolute atomic E-state index is 11.3. The average Bonchev–Trinajstić information content (AvgIpc) is 2.46. The Morgan fingerprint density at radius 2 is 2.29 bits per heavy atom. The van der Waals surface area contributed by atoms with Gasteiger partial charge >= 0.3 is 6.09 Å². The van der Waals surface area contributed by atoms with Gasteiger partial charge in [-0.15, -0.1) is 0 Å². The molecule has 1 aromatic heterocycles. The molecular formula is C9H8N2O3. The van der Waals surface area contributed by atoms with Crippen LogP contribution in [0.15, 0.2) is 18.5 Å². The molecule has 0 aromatic carbocycles. The molecule has 1 aromatic rings. The Bertz CT molecular complexity index is 403. The van der Waals surface area contributed by atoms with Crippen molar-refractivity contribution >= 4 is 12.0 Å². The summed E-state index contributed by atoms with van der Waals surface area (Å²) in [5, 5.41) is 2.06. The number of alkyl carbamates (subject to hydrolysis) is 1. The number of cyclic esters (lactones) is 1. The number of imide groups is 1. The first-order chi connectivity index (χ1) is 6.68. The van der Waals surface area contributed by atoms with Crippen LogP contribution < -0.4 is 5.32 Å². The topological polar surface area (TPSA) is 68.3 Å². The van der Waals surface area contributed by atoms with Gasteiger partial charge in [0.25, 0.3) is 5.91 Å². The standard InChI is InChI=1S/C9H8N2O3/c1-5-2-3-10-4-6(5)7-8(12)11-9(13)14-7/h2-4,7H,1H3,(H,11,12,13). The molecule has 2 amide bonds. The fourth-order valence-corrected chi connectivity index (χ4v) is 1.31. The second-order valence-corrected chi connectivity index (χ2v) is 3.01. The molecule has 1 aliphatic rings. The first kappa shape index (κ1) is 8.68. The Morgan fingerprint density at radius 3 is 2.86 bits per heavy atom. The fraction of sp³-hybridized carbons (Fsp3) is 0.222. The van der Waals surface area contributed by atoms with Gasteiger partial charge in [-0.05, 0) is 18.6 Å². The lowest BCUT2D eigenvalue weighted by Crippen LogP contribution is -2.20. The number of ether oxygens (including phenoxy) is 1. The minimum absolute atomic E-state index is 0.439. The first-order valence-corrected chi connectivity index (χ1v) is 4.10. The number of aromatic nitrogens is 1. The third-order valence-electron chi connectivity index (χ3n) is 2.05. The molecule has 5 nitrogen and oxygen atoms in total. The maximum Gasteiger partial charge on any atom is 0.415 e. The van der Waals surface area contributed by atoms with Gasteiger partial charge in [0.1, 0.15) is 0 Å². The molecule has 1 saturated heterocycles. The molecule has 14 heavy (non-hydrogen) atoms. The monoisotopic (exact) mass is 192 g/mol. The van der Waals surface area contributed by atoms with E-state index in [2.05, 4.69) is 10.3 Å². The van der Waals surface area contributed by atoms with Crippen LogP contribution in [0.4, 0.5) is 4.79 Å². The minimum Gasteiger partial charge on any atom is -0.431 e. The lowest BCUT2D eigenvalue weighted by atomic mass is 10.1. The number of rotatable bonds is 1. The van der Waals surface area contributed by atoms with Gasteiger partial charge in [-0.2, -0.15) is 0 Å². The Morgan fingerprint density at radius 1 is 1.50 bits per heavy atom. The van der Waals surface area contributed by atoms with Gasteiger partial charge in [0, 0.05) is 18.0 Å². The second-order valence-electron chi connectivity index (χ2n) is 3.01. The summed E-state index contributed by atoms with van der Waals surface area (Å²) in [5.74, 6) is -0.439. The van der Waals surface area contributed by atoms with Crippen molar-refractivity contribution in [3.8, 4) is 0 Å². The molecule has 0 aliphatic carbocycles. The predicted molar refractivity (Wildman–Crippen MR) is 46.3 cm³/mol. The van der Waals surface area contributed by atoms with Crippen LogP contribution in [-0.2, 0) is 9.53 Å². The van der Waals surface area contributed by atoms with E-state index in [1.165, 1.54) is 6.20 Å². The normalized spacial score (nSPS) is 20.5. The van der Waals surface area contributed by atoms with Gasteiger partial charge in [-0.25, -0.2) is 4.79 Å². The van der Waals surface area contributed by atoms with Gasteiger partial charge in [-0.1, -0.05) is 0 Å². The number of hydrogen-bond donors (Lipinski definition) is 1. The van der Waals surface area contributed by atoms with Crippen molar-refractivity contribution in [2.75, 3.05) is 0 Å². The van der Waals surface area contributed by atoms with Gasteiger partial charge < -0.3 is 4.74 Å². The van der Waals surface area contributed by atoms with E-state index < -0.39 is 18.1 Å². The summed E-state index contributed by atoms with van der Waals surface area (Å²) < 4.78 is 4.80. The summed E-state index contributed by atoms with van der Waals surface area (Å²) in [7, 11) is 0. The molecule has 1 fully saturated rings. The van der Waals surface area contributed by atoms with E-state index in [0.717, 1.165) is 5.56 Å². The number of nitrogens with zero attached hydrogens (tertiary/aromatic N) is 1. The van der Waals surface area contributed by atoms with Crippen LogP contribution in [0.1, 0.15) is 17.2 Å². The zero-order valence-corrected chi connectivity index (χ0v) is 7.48. The Labute approximate surface area is 80.1 Å². The lowest BCUT2D eigenvalue weighted by Gasteiger charge is -2.08. The maximum atomic E-state index is 11.3. The molecule has 2 heterocycles. The number of amides is 2. The highest BCUT2D eigenvalue weighted by Gasteiger charge is 2.34. The largest absolute Gasteiger partial charge is 0.431 e. The van der Waals surface area contributed by atoms with E-state index in [9.17, 15) is 9.59 Å². The molecule has 1 unspecified atom stereocenters. The van der Waals surface area contributed by atoms with Crippen LogP contribution in [0.3, 0.4) is 0 Å². The van der Waals surface area contributed by atoms with E-state index in [1.807, 2.05) is 6.92 Å². The van der Waals surface area contributed by atoms with Gasteiger partial charge in [0.15, 0.2) is 0 Å². The van der Waals surface area contributed by atoms with Crippen LogP contribution >= 0.6 is 0 Å². The molecule has 1 atom stereocenters. The van der Waals surface area contributed by atoms with Crippen molar-refractivity contribution < 1.29 is 14.3 Å². The lowest BCUT2D eigenvalue weighted by molar-refractivity contribution is -0.123. The molecule has 0 bridgehead atoms. The van der Waals surface area contributed by atoms with Crippen LogP contribution in [0, 0.1) is 6.92 Å². The summed E-state index contributed by atoms with van der Waals surface area (Å²) in [6, 6.07) is 1.76. The Hall–Kier alpha value is -1.91. The Kier molecular flexibility index (Phi) is 1.92. The van der Waals surface area contributed by atoms with Crippen molar-refractivity contribution in [2.24, 2.45) is 0 Å². The van der Waals surface area contributed by atoms with Crippen molar-refractivity contribution in [3.05, 3.63) is 29.6 Å². The van der Waals surface area contributed by atoms with Crippen molar-refractivity contribution in [2.45, 2.75) is 13.0 Å². The number of carbonyl (C=O) groups excluding carboxylic acids is 2. The number of carbonyl (C=O) groups is 2. The summed E-state index contributed by atoms with van der Waals surface area (Å²) in [5.41, 5.74) is 1.49. The van der Waals surface area contributed by atoms with Crippen molar-refractivity contribution in [1.29, 1.82) is 0 Å². The number of pyridine rings is 1. The molecular weight excluding hydrogens is 184 g/mol. The van der Waals surface area contributed by atoms with E-state index in [1.54, 1.807) is 12.3 Å². The molecule has 2 rings (SSSR count). The van der Waals surface area contributed by atoms with Crippen molar-refractivity contribution in [1.82, 2.24) is 10.3 Å². The fourth-order valence-electron chi connectivity index (χ4n) is 1.31. The third kappa shape index (κ3) is 1.32. The van der Waals surface area contributed by atoms with E-state index in [-0.39, 0.29) is 0 Å². The van der Waals surface area contributed by atoms with Crippen molar-refractivity contribution in [3.63, 3.8) is 0 Å². The summed E-state index contributed by atoms with van der Waals surface area (Å²) in [6.07, 6.45) is 1.59. The van der Waals surface area contributed by atoms with E-state index >= 15 is 0 Å². The van der Waals surface area contributed by atoms with Crippen LogP contribution in [0.2, 0.25) is 0 Å². The highest BCUT2D eigenvalue weighted by atomic mass is 16.6. The quantitative estimate of drug-likeness (QED) is 0.711. The smallest absolute Gasteiger partial charge is 0.415 e.